The predicted molar refractivity (Wildman–Crippen MR) is 106 cm³/mol. The largest absolute Gasteiger partial charge is 0.350 e. The molecule has 0 unspecified atom stereocenters. The maximum absolute atomic E-state index is 13.9. The van der Waals surface area contributed by atoms with E-state index in [1.165, 1.54) is 28.1 Å². The van der Waals surface area contributed by atoms with E-state index in [-0.39, 0.29) is 17.5 Å². The maximum Gasteiger partial charge on any atom is 0.254 e. The van der Waals surface area contributed by atoms with E-state index in [1.807, 2.05) is 6.07 Å². The zero-order valence-electron chi connectivity index (χ0n) is 14.9. The number of carbonyl (C=O) groups excluding carboxylic acids is 1. The lowest BCUT2D eigenvalue weighted by molar-refractivity contribution is 0.0925. The molecular weight excluding hydrogens is 359 g/mol. The molecule has 2 heterocycles. The first-order chi connectivity index (χ1) is 13.2. The van der Waals surface area contributed by atoms with Crippen molar-refractivity contribution in [2.45, 2.75) is 19.0 Å². The normalized spacial score (nSPS) is 15.1. The zero-order chi connectivity index (χ0) is 18.6. The number of halogens is 1. The van der Waals surface area contributed by atoms with Gasteiger partial charge in [0.05, 0.1) is 11.6 Å². The molecule has 1 aromatic heterocycles. The summed E-state index contributed by atoms with van der Waals surface area (Å²) in [6.07, 6.45) is 0.999. The van der Waals surface area contributed by atoms with Gasteiger partial charge in [-0.1, -0.05) is 42.5 Å². The molecule has 0 saturated heterocycles. The van der Waals surface area contributed by atoms with Gasteiger partial charge in [-0.15, -0.1) is 11.3 Å². The summed E-state index contributed by atoms with van der Waals surface area (Å²) >= 11 is 1.69. The molecule has 5 heteroatoms. The number of amides is 1. The van der Waals surface area contributed by atoms with E-state index < -0.39 is 5.82 Å². The SMILES string of the molecule is O=C(NC[C@H](c1cccs1)N1CCc2ccccc2C1)c1ccccc1F. The van der Waals surface area contributed by atoms with Crippen molar-refractivity contribution in [2.75, 3.05) is 13.1 Å². The van der Waals surface area contributed by atoms with Crippen molar-refractivity contribution in [3.05, 3.63) is 93.4 Å². The summed E-state index contributed by atoms with van der Waals surface area (Å²) in [7, 11) is 0. The number of nitrogens with one attached hydrogen (secondary N) is 1. The van der Waals surface area contributed by atoms with E-state index in [4.69, 9.17) is 0 Å². The van der Waals surface area contributed by atoms with Gasteiger partial charge in [0.2, 0.25) is 0 Å². The zero-order valence-corrected chi connectivity index (χ0v) is 15.7. The molecule has 0 radical (unpaired) electrons. The Bertz CT molecular complexity index is 926. The average Bonchev–Trinajstić information content (AvgIpc) is 3.23. The number of fused-ring (bicyclic) bond motifs is 1. The fraction of sp³-hybridized carbons (Fsp3) is 0.227. The number of thiophene rings is 1. The van der Waals surface area contributed by atoms with Crippen molar-refractivity contribution in [3.63, 3.8) is 0 Å². The van der Waals surface area contributed by atoms with Crippen molar-refractivity contribution in [1.29, 1.82) is 0 Å². The lowest BCUT2D eigenvalue weighted by Gasteiger charge is -2.35. The van der Waals surface area contributed by atoms with Crippen LogP contribution in [0, 0.1) is 5.82 Å². The predicted octanol–water partition coefficient (Wildman–Crippen LogP) is 4.42. The Morgan fingerprint density at radius 2 is 1.85 bits per heavy atom. The van der Waals surface area contributed by atoms with E-state index in [0.717, 1.165) is 19.5 Å². The van der Waals surface area contributed by atoms with Gasteiger partial charge < -0.3 is 5.32 Å². The second-order valence-electron chi connectivity index (χ2n) is 6.71. The molecular formula is C22H21FN2OS. The molecule has 0 saturated carbocycles. The van der Waals surface area contributed by atoms with Crippen LogP contribution in [0.2, 0.25) is 0 Å². The van der Waals surface area contributed by atoms with Crippen molar-refractivity contribution in [3.8, 4) is 0 Å². The number of hydrogen-bond donors (Lipinski definition) is 1. The molecule has 1 amide bonds. The summed E-state index contributed by atoms with van der Waals surface area (Å²) in [4.78, 5) is 16.1. The molecule has 0 fully saturated rings. The number of hydrogen-bond acceptors (Lipinski definition) is 3. The minimum Gasteiger partial charge on any atom is -0.350 e. The molecule has 0 bridgehead atoms. The second kappa shape index (κ2) is 8.03. The first kappa shape index (κ1) is 17.9. The van der Waals surface area contributed by atoms with Crippen LogP contribution in [0.1, 0.15) is 32.4 Å². The third kappa shape index (κ3) is 3.94. The van der Waals surface area contributed by atoms with Gasteiger partial charge in [-0.3, -0.25) is 9.69 Å². The molecule has 3 nitrogen and oxygen atoms in total. The van der Waals surface area contributed by atoms with E-state index in [0.29, 0.717) is 6.54 Å². The second-order valence-corrected chi connectivity index (χ2v) is 7.69. The van der Waals surface area contributed by atoms with Crippen LogP contribution >= 0.6 is 11.3 Å². The van der Waals surface area contributed by atoms with Gasteiger partial charge in [-0.05, 0) is 41.1 Å². The Morgan fingerprint density at radius 1 is 1.07 bits per heavy atom. The number of rotatable bonds is 5. The van der Waals surface area contributed by atoms with E-state index in [1.54, 1.807) is 23.5 Å². The molecule has 1 aliphatic heterocycles. The number of nitrogens with zero attached hydrogens (tertiary/aromatic N) is 1. The number of benzene rings is 2. The highest BCUT2D eigenvalue weighted by atomic mass is 32.1. The Hall–Kier alpha value is -2.50. The summed E-state index contributed by atoms with van der Waals surface area (Å²) in [6, 6.07) is 18.8. The van der Waals surface area contributed by atoms with Gasteiger partial charge in [-0.25, -0.2) is 4.39 Å². The molecule has 0 aliphatic carbocycles. The van der Waals surface area contributed by atoms with Crippen LogP contribution in [0.15, 0.2) is 66.0 Å². The van der Waals surface area contributed by atoms with Crippen molar-refractivity contribution in [1.82, 2.24) is 10.2 Å². The third-order valence-corrected chi connectivity index (χ3v) is 6.02. The highest BCUT2D eigenvalue weighted by molar-refractivity contribution is 7.10. The van der Waals surface area contributed by atoms with Gasteiger partial charge in [0.25, 0.3) is 5.91 Å². The molecule has 3 aromatic rings. The van der Waals surface area contributed by atoms with Crippen LogP contribution in [0.4, 0.5) is 4.39 Å². The van der Waals surface area contributed by atoms with E-state index >= 15 is 0 Å². The molecule has 27 heavy (non-hydrogen) atoms. The van der Waals surface area contributed by atoms with Crippen LogP contribution in [-0.4, -0.2) is 23.9 Å². The highest BCUT2D eigenvalue weighted by Crippen LogP contribution is 2.30. The summed E-state index contributed by atoms with van der Waals surface area (Å²) < 4.78 is 13.9. The fourth-order valence-corrected chi connectivity index (χ4v) is 4.46. The van der Waals surface area contributed by atoms with Gasteiger partial charge >= 0.3 is 0 Å². The smallest absolute Gasteiger partial charge is 0.254 e. The van der Waals surface area contributed by atoms with Crippen molar-refractivity contribution < 1.29 is 9.18 Å². The fourth-order valence-electron chi connectivity index (χ4n) is 3.60. The van der Waals surface area contributed by atoms with Crippen LogP contribution in [-0.2, 0) is 13.0 Å². The minimum absolute atomic E-state index is 0.0779. The standard InChI is InChI=1S/C22H21FN2OS/c23-19-9-4-3-8-18(19)22(26)24-14-20(21-10-5-13-27-21)25-12-11-16-6-1-2-7-17(16)15-25/h1-10,13,20H,11-12,14-15H2,(H,24,26)/t20-/m1/s1. The lowest BCUT2D eigenvalue weighted by atomic mass is 9.98. The van der Waals surface area contributed by atoms with Crippen LogP contribution in [0.5, 0.6) is 0 Å². The Labute approximate surface area is 162 Å². The van der Waals surface area contributed by atoms with Gasteiger partial charge in [-0.2, -0.15) is 0 Å². The molecule has 138 valence electrons. The first-order valence-corrected chi connectivity index (χ1v) is 9.97. The van der Waals surface area contributed by atoms with E-state index in [2.05, 4.69) is 45.9 Å². The third-order valence-electron chi connectivity index (χ3n) is 5.05. The number of carbonyl (C=O) groups is 1. The summed E-state index contributed by atoms with van der Waals surface area (Å²) in [5, 5.41) is 4.99. The van der Waals surface area contributed by atoms with E-state index in [9.17, 15) is 9.18 Å². The van der Waals surface area contributed by atoms with Gasteiger partial charge in [0.15, 0.2) is 0 Å². The Balaban J connectivity index is 1.51. The topological polar surface area (TPSA) is 32.3 Å². The first-order valence-electron chi connectivity index (χ1n) is 9.09. The quantitative estimate of drug-likeness (QED) is 0.711. The highest BCUT2D eigenvalue weighted by Gasteiger charge is 2.26. The van der Waals surface area contributed by atoms with Gasteiger partial charge in [0, 0.05) is 24.5 Å². The van der Waals surface area contributed by atoms with Crippen LogP contribution in [0.3, 0.4) is 0 Å². The summed E-state index contributed by atoms with van der Waals surface area (Å²) in [5.74, 6) is -0.860. The minimum atomic E-state index is -0.491. The Morgan fingerprint density at radius 3 is 2.63 bits per heavy atom. The monoisotopic (exact) mass is 380 g/mol. The molecule has 4 rings (SSSR count). The molecule has 1 atom stereocenters. The Kier molecular flexibility index (Phi) is 5.32. The maximum atomic E-state index is 13.9. The van der Waals surface area contributed by atoms with Gasteiger partial charge in [0.1, 0.15) is 5.82 Å². The van der Waals surface area contributed by atoms with Crippen molar-refractivity contribution in [2.24, 2.45) is 0 Å². The summed E-state index contributed by atoms with van der Waals surface area (Å²) in [6.45, 7) is 2.25. The van der Waals surface area contributed by atoms with Crippen LogP contribution < -0.4 is 5.32 Å². The molecule has 2 aromatic carbocycles. The molecule has 1 N–H and O–H groups in total. The lowest BCUT2D eigenvalue weighted by Crippen LogP contribution is -2.40. The molecule has 0 spiro atoms. The average molecular weight is 380 g/mol. The van der Waals surface area contributed by atoms with Crippen LogP contribution in [0.25, 0.3) is 0 Å². The summed E-state index contributed by atoms with van der Waals surface area (Å²) in [5.41, 5.74) is 2.83. The molecule has 1 aliphatic rings. The van der Waals surface area contributed by atoms with Crippen molar-refractivity contribution >= 4 is 17.2 Å².